The Morgan fingerprint density at radius 1 is 1.53 bits per heavy atom. The van der Waals surface area contributed by atoms with Crippen molar-refractivity contribution in [2.24, 2.45) is 0 Å². The van der Waals surface area contributed by atoms with Crippen LogP contribution in [0.2, 0.25) is 0 Å². The number of pyridine rings is 1. The van der Waals surface area contributed by atoms with Gasteiger partial charge in [-0.2, -0.15) is 0 Å². The smallest absolute Gasteiger partial charge is 0.244 e. The Kier molecular flexibility index (Phi) is 5.72. The molecule has 0 saturated heterocycles. The molecule has 0 aliphatic rings. The van der Waals surface area contributed by atoms with Crippen molar-refractivity contribution in [3.05, 3.63) is 16.7 Å². The van der Waals surface area contributed by atoms with Gasteiger partial charge in [-0.05, 0) is 56.0 Å². The number of nitrogens with zero attached hydrogens (tertiary/aromatic N) is 2. The first-order chi connectivity index (χ1) is 8.72. The van der Waals surface area contributed by atoms with Crippen LogP contribution in [0, 0.1) is 0 Å². The summed E-state index contributed by atoms with van der Waals surface area (Å²) in [6.45, 7) is 2.62. The van der Waals surface area contributed by atoms with Crippen molar-refractivity contribution in [2.45, 2.75) is 24.3 Å². The van der Waals surface area contributed by atoms with E-state index in [1.807, 2.05) is 25.9 Å². The van der Waals surface area contributed by atoms with Crippen LogP contribution in [0.1, 0.15) is 13.3 Å². The van der Waals surface area contributed by atoms with Gasteiger partial charge in [0.25, 0.3) is 0 Å². The number of nitrogens with one attached hydrogen (secondary N) is 1. The van der Waals surface area contributed by atoms with Crippen LogP contribution in [0.25, 0.3) is 0 Å². The van der Waals surface area contributed by atoms with Crippen molar-refractivity contribution in [3.63, 3.8) is 0 Å². The molecule has 0 aliphatic carbocycles. The minimum Gasteiger partial charge on any atom is -0.383 e. The van der Waals surface area contributed by atoms with E-state index in [9.17, 15) is 8.42 Å². The summed E-state index contributed by atoms with van der Waals surface area (Å²) < 4.78 is 27.6. The molecule has 0 amide bonds. The van der Waals surface area contributed by atoms with E-state index in [0.717, 1.165) is 6.54 Å². The summed E-state index contributed by atoms with van der Waals surface area (Å²) in [6, 6.07) is 1.27. The van der Waals surface area contributed by atoms with E-state index in [1.54, 1.807) is 0 Å². The van der Waals surface area contributed by atoms with E-state index in [0.29, 0.717) is 10.9 Å². The van der Waals surface area contributed by atoms with Gasteiger partial charge < -0.3 is 10.6 Å². The van der Waals surface area contributed by atoms with Gasteiger partial charge in [-0.25, -0.2) is 18.1 Å². The lowest BCUT2D eigenvalue weighted by Crippen LogP contribution is -2.35. The van der Waals surface area contributed by atoms with Gasteiger partial charge in [-0.15, -0.1) is 0 Å². The largest absolute Gasteiger partial charge is 0.383 e. The average Bonchev–Trinajstić information content (AvgIpc) is 2.29. The molecule has 1 aromatic heterocycles. The third-order valence-corrected chi connectivity index (χ3v) is 4.56. The maximum absolute atomic E-state index is 12.2. The van der Waals surface area contributed by atoms with Gasteiger partial charge in [0.1, 0.15) is 10.7 Å². The first kappa shape index (κ1) is 16.4. The summed E-state index contributed by atoms with van der Waals surface area (Å²) in [7, 11) is 0.237. The normalized spacial score (nSPS) is 13.7. The number of rotatable bonds is 6. The topological polar surface area (TPSA) is 88.3 Å². The summed E-state index contributed by atoms with van der Waals surface area (Å²) >= 11 is 3.19. The second kappa shape index (κ2) is 6.65. The van der Waals surface area contributed by atoms with Crippen LogP contribution in [-0.4, -0.2) is 45.0 Å². The molecule has 108 valence electrons. The van der Waals surface area contributed by atoms with E-state index in [2.05, 4.69) is 25.6 Å². The maximum Gasteiger partial charge on any atom is 0.244 e. The molecule has 0 radical (unpaired) electrons. The first-order valence-electron chi connectivity index (χ1n) is 5.80. The molecule has 0 aromatic carbocycles. The van der Waals surface area contributed by atoms with Crippen LogP contribution in [0.5, 0.6) is 0 Å². The molecule has 0 saturated carbocycles. The second-order valence-corrected chi connectivity index (χ2v) is 7.25. The van der Waals surface area contributed by atoms with E-state index in [-0.39, 0.29) is 16.8 Å². The molecular weight excluding hydrogens is 332 g/mol. The van der Waals surface area contributed by atoms with E-state index in [4.69, 9.17) is 5.73 Å². The zero-order valence-corrected chi connectivity index (χ0v) is 13.6. The van der Waals surface area contributed by atoms with Crippen LogP contribution in [0.15, 0.2) is 21.6 Å². The van der Waals surface area contributed by atoms with Gasteiger partial charge in [-0.3, -0.25) is 0 Å². The number of sulfonamides is 1. The number of aromatic nitrogens is 1. The Labute approximate surface area is 122 Å². The Morgan fingerprint density at radius 3 is 2.74 bits per heavy atom. The third-order valence-electron chi connectivity index (χ3n) is 2.50. The van der Waals surface area contributed by atoms with Crippen molar-refractivity contribution in [1.82, 2.24) is 14.6 Å². The molecule has 3 N–H and O–H groups in total. The molecule has 1 aromatic rings. The van der Waals surface area contributed by atoms with Crippen molar-refractivity contribution in [1.29, 1.82) is 0 Å². The highest BCUT2D eigenvalue weighted by atomic mass is 79.9. The molecule has 0 aliphatic heterocycles. The molecule has 1 rings (SSSR count). The molecule has 0 fully saturated rings. The molecule has 1 heterocycles. The van der Waals surface area contributed by atoms with E-state index in [1.165, 1.54) is 12.3 Å². The fraction of sp³-hybridized carbons (Fsp3) is 0.545. The Bertz CT molecular complexity index is 533. The van der Waals surface area contributed by atoms with Crippen molar-refractivity contribution in [2.75, 3.05) is 26.4 Å². The SMILES string of the molecule is CC(CCN(C)C)NS(=O)(=O)c1cc(Br)cnc1N. The zero-order valence-electron chi connectivity index (χ0n) is 11.2. The van der Waals surface area contributed by atoms with Crippen molar-refractivity contribution < 1.29 is 8.42 Å². The van der Waals surface area contributed by atoms with Gasteiger partial charge in [0.2, 0.25) is 10.0 Å². The summed E-state index contributed by atoms with van der Waals surface area (Å²) in [4.78, 5) is 5.83. The Morgan fingerprint density at radius 2 is 2.16 bits per heavy atom. The van der Waals surface area contributed by atoms with Crippen LogP contribution in [0.4, 0.5) is 5.82 Å². The van der Waals surface area contributed by atoms with Crippen LogP contribution < -0.4 is 10.5 Å². The Balaban J connectivity index is 2.83. The molecule has 0 bridgehead atoms. The number of hydrogen-bond donors (Lipinski definition) is 2. The molecule has 6 nitrogen and oxygen atoms in total. The van der Waals surface area contributed by atoms with E-state index >= 15 is 0 Å². The lowest BCUT2D eigenvalue weighted by molar-refractivity contribution is 0.379. The maximum atomic E-state index is 12.2. The highest BCUT2D eigenvalue weighted by Crippen LogP contribution is 2.20. The lowest BCUT2D eigenvalue weighted by atomic mass is 10.2. The zero-order chi connectivity index (χ0) is 14.6. The summed E-state index contributed by atoms with van der Waals surface area (Å²) in [5, 5.41) is 0. The van der Waals surface area contributed by atoms with Crippen molar-refractivity contribution in [3.8, 4) is 0 Å². The summed E-state index contributed by atoms with van der Waals surface area (Å²) in [5.74, 6) is -0.00416. The monoisotopic (exact) mass is 350 g/mol. The van der Waals surface area contributed by atoms with Gasteiger partial charge in [-0.1, -0.05) is 0 Å². The number of nitrogens with two attached hydrogens (primary N) is 1. The third kappa shape index (κ3) is 5.06. The molecule has 1 unspecified atom stereocenters. The summed E-state index contributed by atoms with van der Waals surface area (Å²) in [5.41, 5.74) is 5.61. The Hall–Kier alpha value is -0.700. The number of halogens is 1. The standard InChI is InChI=1S/C11H19BrN4O2S/c1-8(4-5-16(2)3)15-19(17,18)10-6-9(12)7-14-11(10)13/h6-8,15H,4-5H2,1-3H3,(H2,13,14). The predicted molar refractivity (Wildman–Crippen MR) is 79.3 cm³/mol. The fourth-order valence-corrected chi connectivity index (χ4v) is 3.35. The minimum atomic E-state index is -3.65. The summed E-state index contributed by atoms with van der Waals surface area (Å²) in [6.07, 6.45) is 2.18. The lowest BCUT2D eigenvalue weighted by Gasteiger charge is -2.17. The molecule has 19 heavy (non-hydrogen) atoms. The second-order valence-electron chi connectivity index (χ2n) is 4.65. The molecule has 8 heteroatoms. The fourth-order valence-electron chi connectivity index (χ4n) is 1.49. The number of nitrogen functional groups attached to an aromatic ring is 1. The van der Waals surface area contributed by atoms with Gasteiger partial charge in [0.15, 0.2) is 0 Å². The van der Waals surface area contributed by atoms with Crippen LogP contribution in [0.3, 0.4) is 0 Å². The van der Waals surface area contributed by atoms with Crippen LogP contribution >= 0.6 is 15.9 Å². The van der Waals surface area contributed by atoms with E-state index < -0.39 is 10.0 Å². The van der Waals surface area contributed by atoms with Gasteiger partial charge >= 0.3 is 0 Å². The number of hydrogen-bond acceptors (Lipinski definition) is 5. The molecule has 0 spiro atoms. The van der Waals surface area contributed by atoms with Gasteiger partial charge in [0, 0.05) is 16.7 Å². The minimum absolute atomic E-state index is 0.00132. The molecule has 1 atom stereocenters. The van der Waals surface area contributed by atoms with Gasteiger partial charge in [0.05, 0.1) is 0 Å². The quantitative estimate of drug-likeness (QED) is 0.800. The molecular formula is C11H19BrN4O2S. The first-order valence-corrected chi connectivity index (χ1v) is 8.08. The number of anilines is 1. The predicted octanol–water partition coefficient (Wildman–Crippen LogP) is 1.04. The highest BCUT2D eigenvalue weighted by Gasteiger charge is 2.21. The van der Waals surface area contributed by atoms with Crippen LogP contribution in [-0.2, 0) is 10.0 Å². The average molecular weight is 351 g/mol. The highest BCUT2D eigenvalue weighted by molar-refractivity contribution is 9.10. The van der Waals surface area contributed by atoms with Crippen molar-refractivity contribution >= 4 is 31.8 Å².